The topological polar surface area (TPSA) is 100 Å². The van der Waals surface area contributed by atoms with E-state index in [2.05, 4.69) is 25.6 Å². The van der Waals surface area contributed by atoms with E-state index in [1.165, 1.54) is 4.90 Å². The van der Waals surface area contributed by atoms with Crippen molar-refractivity contribution in [2.24, 2.45) is 0 Å². The van der Waals surface area contributed by atoms with Gasteiger partial charge >= 0.3 is 0 Å². The number of alkyl halides is 1. The molecule has 1 aliphatic rings. The van der Waals surface area contributed by atoms with Crippen molar-refractivity contribution in [3.63, 3.8) is 0 Å². The zero-order chi connectivity index (χ0) is 26.5. The van der Waals surface area contributed by atoms with Gasteiger partial charge in [-0.05, 0) is 30.5 Å². The fraction of sp³-hybridized carbons (Fsp3) is 0.370. The number of likely N-dealkylation sites (tertiary alicyclic amines) is 1. The minimum Gasteiger partial charge on any atom is -0.361 e. The minimum atomic E-state index is -1.34. The van der Waals surface area contributed by atoms with Gasteiger partial charge in [-0.3, -0.25) is 9.59 Å². The van der Waals surface area contributed by atoms with Crippen LogP contribution in [0.4, 0.5) is 14.6 Å². The van der Waals surface area contributed by atoms with Crippen LogP contribution in [0.15, 0.2) is 54.7 Å². The van der Waals surface area contributed by atoms with Crippen LogP contribution in [0.25, 0.3) is 0 Å². The molecule has 1 saturated heterocycles. The van der Waals surface area contributed by atoms with Crippen molar-refractivity contribution in [1.29, 1.82) is 0 Å². The quantitative estimate of drug-likeness (QED) is 0.450. The third-order valence-electron chi connectivity index (χ3n) is 6.31. The highest BCUT2D eigenvalue weighted by molar-refractivity contribution is 5.90. The average molecular weight is 509 g/mol. The highest BCUT2D eigenvalue weighted by atomic mass is 19.1. The van der Waals surface area contributed by atoms with Gasteiger partial charge < -0.3 is 15.5 Å². The molecule has 8 nitrogen and oxygen atoms in total. The van der Waals surface area contributed by atoms with Gasteiger partial charge in [0.2, 0.25) is 17.8 Å². The first-order valence-electron chi connectivity index (χ1n) is 12.2. The predicted molar refractivity (Wildman–Crippen MR) is 135 cm³/mol. The molecule has 0 unspecified atom stereocenters. The first kappa shape index (κ1) is 26.1. The van der Waals surface area contributed by atoms with E-state index in [0.717, 1.165) is 0 Å². The molecule has 0 bridgehead atoms. The van der Waals surface area contributed by atoms with Crippen molar-refractivity contribution in [2.75, 3.05) is 18.4 Å². The molecule has 2 amide bonds. The number of nitrogens with one attached hydrogen (secondary N) is 2. The van der Waals surface area contributed by atoms with Gasteiger partial charge in [-0.1, -0.05) is 50.2 Å². The van der Waals surface area contributed by atoms with E-state index < -0.39 is 36.0 Å². The van der Waals surface area contributed by atoms with Crippen LogP contribution in [0.3, 0.4) is 0 Å². The fourth-order valence-electron chi connectivity index (χ4n) is 4.39. The number of hydrogen-bond donors (Lipinski definition) is 2. The molecule has 1 aliphatic heterocycles. The summed E-state index contributed by atoms with van der Waals surface area (Å²) in [5.74, 6) is -0.618. The summed E-state index contributed by atoms with van der Waals surface area (Å²) in [7, 11) is 0. The van der Waals surface area contributed by atoms with E-state index in [-0.39, 0.29) is 25.4 Å². The lowest BCUT2D eigenvalue weighted by molar-refractivity contribution is -0.137. The minimum absolute atomic E-state index is 0.0502. The van der Waals surface area contributed by atoms with Gasteiger partial charge in [0.1, 0.15) is 23.9 Å². The lowest BCUT2D eigenvalue weighted by Crippen LogP contribution is -2.48. The average Bonchev–Trinajstić information content (AvgIpc) is 3.28. The van der Waals surface area contributed by atoms with Crippen molar-refractivity contribution >= 4 is 17.6 Å². The maximum Gasteiger partial charge on any atom is 0.243 e. The van der Waals surface area contributed by atoms with Crippen molar-refractivity contribution in [3.8, 4) is 0 Å². The number of amides is 2. The predicted octanol–water partition coefficient (Wildman–Crippen LogP) is 3.70. The molecule has 1 fully saturated rings. The van der Waals surface area contributed by atoms with Crippen molar-refractivity contribution in [1.82, 2.24) is 25.2 Å². The molecule has 3 atom stereocenters. The number of hydrogen-bond acceptors (Lipinski definition) is 6. The monoisotopic (exact) mass is 508 g/mol. The molecular weight excluding hydrogens is 478 g/mol. The Labute approximate surface area is 214 Å². The molecule has 3 heterocycles. The normalized spacial score (nSPS) is 18.1. The molecule has 2 N–H and O–H groups in total. The number of aryl methyl sites for hydroxylation is 1. The summed E-state index contributed by atoms with van der Waals surface area (Å²) in [6, 6.07) is 12.2. The Morgan fingerprint density at radius 2 is 1.86 bits per heavy atom. The largest absolute Gasteiger partial charge is 0.361 e. The maximum absolute atomic E-state index is 14.7. The first-order chi connectivity index (χ1) is 17.7. The van der Waals surface area contributed by atoms with Gasteiger partial charge in [-0.2, -0.15) is 4.39 Å². The van der Waals surface area contributed by atoms with E-state index in [9.17, 15) is 18.4 Å². The number of rotatable bonds is 8. The van der Waals surface area contributed by atoms with Crippen molar-refractivity contribution < 1.29 is 18.4 Å². The van der Waals surface area contributed by atoms with Gasteiger partial charge in [0.25, 0.3) is 0 Å². The summed E-state index contributed by atoms with van der Waals surface area (Å²) in [6.45, 7) is 5.12. The highest BCUT2D eigenvalue weighted by Crippen LogP contribution is 2.26. The zero-order valence-corrected chi connectivity index (χ0v) is 21.0. The second kappa shape index (κ2) is 11.4. The molecule has 3 aromatic rings. The second-order valence-corrected chi connectivity index (χ2v) is 9.36. The molecule has 2 aromatic heterocycles. The molecule has 0 aliphatic carbocycles. The number of anilines is 1. The second-order valence-electron chi connectivity index (χ2n) is 9.36. The summed E-state index contributed by atoms with van der Waals surface area (Å²) in [5, 5.41) is 5.79. The van der Waals surface area contributed by atoms with Crippen LogP contribution in [0.2, 0.25) is 0 Å². The van der Waals surface area contributed by atoms with Crippen LogP contribution < -0.4 is 10.6 Å². The number of carbonyl (C=O) groups excluding carboxylic acids is 2. The van der Waals surface area contributed by atoms with Crippen LogP contribution in [0.1, 0.15) is 54.9 Å². The van der Waals surface area contributed by atoms with E-state index in [4.69, 9.17) is 0 Å². The Kier molecular flexibility index (Phi) is 8.05. The number of carbonyl (C=O) groups is 2. The lowest BCUT2D eigenvalue weighted by atomic mass is 9.99. The number of nitrogens with zero attached hydrogens (tertiary/aromatic N) is 4. The number of halogens is 2. The van der Waals surface area contributed by atoms with Crippen LogP contribution in [-0.2, 0) is 9.59 Å². The Morgan fingerprint density at radius 3 is 2.54 bits per heavy atom. The van der Waals surface area contributed by atoms with Gasteiger partial charge in [0.15, 0.2) is 0 Å². The van der Waals surface area contributed by atoms with Gasteiger partial charge in [-0.15, -0.1) is 0 Å². The maximum atomic E-state index is 14.7. The van der Waals surface area contributed by atoms with Gasteiger partial charge in [0, 0.05) is 18.2 Å². The Balaban J connectivity index is 1.53. The Morgan fingerprint density at radius 1 is 1.11 bits per heavy atom. The Bertz CT molecular complexity index is 1260. The summed E-state index contributed by atoms with van der Waals surface area (Å²) in [6.07, 6.45) is 0.101. The van der Waals surface area contributed by atoms with Crippen LogP contribution >= 0.6 is 0 Å². The zero-order valence-electron chi connectivity index (χ0n) is 21.0. The molecule has 37 heavy (non-hydrogen) atoms. The molecule has 1 aromatic carbocycles. The summed E-state index contributed by atoms with van der Waals surface area (Å²) >= 11 is 0. The van der Waals surface area contributed by atoms with Crippen LogP contribution in [-0.4, -0.2) is 57.0 Å². The number of benzene rings is 1. The molecular formula is C27H30F2N6O2. The molecule has 0 radical (unpaired) electrons. The molecule has 0 spiro atoms. The van der Waals surface area contributed by atoms with E-state index in [1.54, 1.807) is 55.6 Å². The fourth-order valence-corrected chi connectivity index (χ4v) is 4.39. The molecule has 4 rings (SSSR count). The smallest absolute Gasteiger partial charge is 0.243 e. The Hall–Kier alpha value is -3.95. The van der Waals surface area contributed by atoms with Crippen LogP contribution in [0.5, 0.6) is 0 Å². The van der Waals surface area contributed by atoms with Gasteiger partial charge in [-0.25, -0.2) is 19.3 Å². The first-order valence-corrected chi connectivity index (χ1v) is 12.2. The summed E-state index contributed by atoms with van der Waals surface area (Å²) in [5.41, 5.74) is 1.48. The van der Waals surface area contributed by atoms with Gasteiger partial charge in [0.05, 0.1) is 24.8 Å². The molecule has 194 valence electrons. The summed E-state index contributed by atoms with van der Waals surface area (Å²) in [4.78, 5) is 39.9. The number of pyridine rings is 1. The van der Waals surface area contributed by atoms with E-state index in [1.807, 2.05) is 19.9 Å². The SMILES string of the molecule is Cc1nccc(NCC(=O)N2C[C@H](F)C[C@H]2C(=O)N[C@@H](c2ccccc2)c2ccc(C(C)C)c(F)n2)n1. The van der Waals surface area contributed by atoms with E-state index in [0.29, 0.717) is 28.5 Å². The lowest BCUT2D eigenvalue weighted by Gasteiger charge is -2.27. The van der Waals surface area contributed by atoms with E-state index >= 15 is 0 Å². The molecule has 10 heteroatoms. The summed E-state index contributed by atoms with van der Waals surface area (Å²) < 4.78 is 29.2. The van der Waals surface area contributed by atoms with Crippen molar-refractivity contribution in [2.45, 2.75) is 51.4 Å². The number of aromatic nitrogens is 3. The molecule has 0 saturated carbocycles. The third kappa shape index (κ3) is 6.25. The third-order valence-corrected chi connectivity index (χ3v) is 6.31. The van der Waals surface area contributed by atoms with Crippen molar-refractivity contribution in [3.05, 3.63) is 83.3 Å². The highest BCUT2D eigenvalue weighted by Gasteiger charge is 2.40. The van der Waals surface area contributed by atoms with Crippen LogP contribution in [0, 0.1) is 12.9 Å². The standard InChI is InChI=1S/C27H30F2N6O2/c1-16(2)20-9-10-21(33-26(20)29)25(18-7-5-4-6-8-18)34-27(37)22-13-19(28)15-35(22)24(36)14-31-23-11-12-30-17(3)32-23/h4-12,16,19,22,25H,13-15H2,1-3H3,(H,34,37)(H,30,31,32)/t19-,22+,25+/m1/s1.